The minimum absolute atomic E-state index is 1.07. The van der Waals surface area contributed by atoms with Crippen molar-refractivity contribution in [1.82, 2.24) is 0 Å². The highest BCUT2D eigenvalue weighted by atomic mass is 31.2. The molecule has 0 saturated carbocycles. The summed E-state index contributed by atoms with van der Waals surface area (Å²) in [6.07, 6.45) is 0. The summed E-state index contributed by atoms with van der Waals surface area (Å²) in [4.78, 5) is 9.33. The summed E-state index contributed by atoms with van der Waals surface area (Å²) < 4.78 is 57.1. The van der Waals surface area contributed by atoms with Crippen molar-refractivity contribution in [2.45, 2.75) is 23.3 Å². The van der Waals surface area contributed by atoms with Gasteiger partial charge in [0, 0.05) is 0 Å². The van der Waals surface area contributed by atoms with Crippen LogP contribution in [0.25, 0.3) is 0 Å². The van der Waals surface area contributed by atoms with Crippen LogP contribution in [0.5, 0.6) is 0 Å². The van der Waals surface area contributed by atoms with E-state index in [1.807, 2.05) is 0 Å². The Morgan fingerprint density at radius 2 is 1.65 bits per heavy atom. The van der Waals surface area contributed by atoms with Crippen molar-refractivity contribution in [3.05, 3.63) is 0 Å². The third kappa shape index (κ3) is 0.953. The molecule has 0 aromatic rings. The molecule has 4 unspecified atom stereocenters. The van der Waals surface area contributed by atoms with Gasteiger partial charge in [-0.2, -0.15) is 9.78 Å². The maximum absolute atomic E-state index is 12.1. The molecule has 20 heavy (non-hydrogen) atoms. The van der Waals surface area contributed by atoms with Gasteiger partial charge in [-0.15, -0.1) is 9.35 Å². The Balaban J connectivity index is 1.89. The minimum atomic E-state index is -4.60. The molecule has 0 aliphatic carbocycles. The van der Waals surface area contributed by atoms with E-state index in [0.717, 1.165) is 0 Å². The lowest BCUT2D eigenvalue weighted by molar-refractivity contribution is -0.479. The Morgan fingerprint density at radius 1 is 0.950 bits per heavy atom. The zero-order valence-electron chi connectivity index (χ0n) is 8.99. The van der Waals surface area contributed by atoms with Crippen LogP contribution < -0.4 is 0 Å². The molecular weight excluding hydrogens is 330 g/mol. The van der Waals surface area contributed by atoms with Crippen LogP contribution in [-0.4, -0.2) is 40.2 Å². The smallest absolute Gasteiger partial charge is 0.390 e. The summed E-state index contributed by atoms with van der Waals surface area (Å²) in [5, 5.41) is 20.0. The van der Waals surface area contributed by atoms with Crippen molar-refractivity contribution in [2.24, 2.45) is 0 Å². The fourth-order valence-corrected chi connectivity index (χ4v) is 5.34. The van der Waals surface area contributed by atoms with Gasteiger partial charge in [0.1, 0.15) is 6.61 Å². The van der Waals surface area contributed by atoms with Gasteiger partial charge in [-0.05, 0) is 0 Å². The molecule has 0 aromatic carbocycles. The van der Waals surface area contributed by atoms with E-state index in [1.54, 1.807) is 0 Å². The Hall–Kier alpha value is 0.0200. The zero-order valence-corrected chi connectivity index (χ0v) is 10.8. The van der Waals surface area contributed by atoms with Crippen molar-refractivity contribution in [1.29, 1.82) is 0 Å². The number of aliphatic hydroxyl groups excluding tert-OH is 1. The highest BCUT2D eigenvalue weighted by molar-refractivity contribution is 7.50. The second kappa shape index (κ2) is 2.92. The van der Waals surface area contributed by atoms with Crippen LogP contribution in [0.2, 0.25) is 0 Å². The van der Waals surface area contributed by atoms with E-state index in [4.69, 9.17) is 22.8 Å². The van der Waals surface area contributed by atoms with Crippen molar-refractivity contribution < 1.29 is 61.3 Å². The van der Waals surface area contributed by atoms with Gasteiger partial charge in [0.05, 0.1) is 0 Å². The molecule has 2 spiro atoms. The molecule has 0 amide bonds. The number of ether oxygens (including phenoxy) is 1. The number of phosphoric ester groups is 1. The average Bonchev–Trinajstić information content (AvgIpc) is 2.61. The number of hydrogen-bond acceptors (Lipinski definition) is 13. The van der Waals surface area contributed by atoms with E-state index in [0.29, 0.717) is 0 Å². The topological polar surface area (TPSA) is 158 Å². The first-order valence-corrected chi connectivity index (χ1v) is 7.99. The standard InChI is InChI=1S/C5H4O13P2/c6-1-2-4-3(7)5(10-2,15-19(8,13-3)14-4)16-20(9,17-11-2)18-12-4/h6-7H,1H2/t2?,3-,4-,5?,19?,20?/m1/s1. The lowest BCUT2D eigenvalue weighted by Crippen LogP contribution is -2.67. The first-order chi connectivity index (χ1) is 9.26. The maximum Gasteiger partial charge on any atom is 0.534 e. The summed E-state index contributed by atoms with van der Waals surface area (Å²) in [5.41, 5.74) is 0. The van der Waals surface area contributed by atoms with Gasteiger partial charge in [0.2, 0.25) is 0 Å². The molecule has 6 bridgehead atoms. The third-order valence-corrected chi connectivity index (χ3v) is 5.74. The van der Waals surface area contributed by atoms with Crippen LogP contribution in [0.1, 0.15) is 0 Å². The van der Waals surface area contributed by atoms with E-state index in [1.165, 1.54) is 0 Å². The SMILES string of the molecule is O=P12OOC3(CO)OC4(O1)OP1(=O)O[C@@]3(OO2)[C@@]4(O)O1. The molecule has 6 fully saturated rings. The third-order valence-electron chi connectivity index (χ3n) is 3.33. The molecule has 6 rings (SSSR count). The van der Waals surface area contributed by atoms with Gasteiger partial charge in [0.25, 0.3) is 5.79 Å². The molecule has 0 aromatic heterocycles. The fourth-order valence-electron chi connectivity index (χ4n) is 2.52. The van der Waals surface area contributed by atoms with E-state index in [2.05, 4.69) is 19.1 Å². The Labute approximate surface area is 108 Å². The maximum atomic E-state index is 12.1. The van der Waals surface area contributed by atoms with Gasteiger partial charge in [-0.1, -0.05) is 0 Å². The summed E-state index contributed by atoms with van der Waals surface area (Å²) in [5.74, 6) is -10.7. The monoisotopic (exact) mass is 334 g/mol. The second-order valence-corrected chi connectivity index (χ2v) is 7.22. The zero-order chi connectivity index (χ0) is 14.1. The first kappa shape index (κ1) is 12.6. The predicted octanol–water partition coefficient (Wildman–Crippen LogP) is -1.02. The lowest BCUT2D eigenvalue weighted by Gasteiger charge is -2.35. The number of aliphatic hydroxyl groups is 2. The van der Waals surface area contributed by atoms with Crippen LogP contribution in [0.4, 0.5) is 0 Å². The van der Waals surface area contributed by atoms with Crippen LogP contribution in [-0.2, 0) is 51.1 Å². The van der Waals surface area contributed by atoms with Gasteiger partial charge in [-0.25, -0.2) is 27.2 Å². The van der Waals surface area contributed by atoms with Gasteiger partial charge in [-0.3, -0.25) is 4.74 Å². The Morgan fingerprint density at radius 3 is 2.35 bits per heavy atom. The Bertz CT molecular complexity index is 634. The molecule has 6 saturated heterocycles. The van der Waals surface area contributed by atoms with Crippen LogP contribution in [0, 0.1) is 0 Å². The van der Waals surface area contributed by atoms with Gasteiger partial charge < -0.3 is 10.2 Å². The average molecular weight is 334 g/mol. The number of fused-ring (bicyclic) bond motifs is 3. The van der Waals surface area contributed by atoms with Crippen LogP contribution in [0.3, 0.4) is 0 Å². The Kier molecular flexibility index (Phi) is 1.83. The van der Waals surface area contributed by atoms with Crippen molar-refractivity contribution >= 4 is 15.6 Å². The molecule has 15 heteroatoms. The van der Waals surface area contributed by atoms with E-state index < -0.39 is 45.6 Å². The predicted molar refractivity (Wildman–Crippen MR) is 45.2 cm³/mol. The van der Waals surface area contributed by atoms with Crippen LogP contribution in [0.15, 0.2) is 0 Å². The molecular formula is C5H4O13P2. The summed E-state index contributed by atoms with van der Waals surface area (Å²) in [6, 6.07) is 0. The quantitative estimate of drug-likeness (QED) is 0.443. The number of phosphoric acid groups is 2. The molecule has 13 nitrogen and oxygen atoms in total. The van der Waals surface area contributed by atoms with Gasteiger partial charge in [0.15, 0.2) is 0 Å². The van der Waals surface area contributed by atoms with Gasteiger partial charge >= 0.3 is 33.2 Å². The summed E-state index contributed by atoms with van der Waals surface area (Å²) in [7, 11) is -9.00. The molecule has 6 aliphatic heterocycles. The normalized spacial score (nSPS) is 69.5. The molecule has 6 aliphatic rings. The van der Waals surface area contributed by atoms with Crippen molar-refractivity contribution in [2.75, 3.05) is 6.61 Å². The summed E-state index contributed by atoms with van der Waals surface area (Å²) >= 11 is 0. The minimum Gasteiger partial charge on any atom is -0.390 e. The first-order valence-electron chi connectivity index (χ1n) is 5.07. The van der Waals surface area contributed by atoms with Crippen molar-refractivity contribution in [3.63, 3.8) is 0 Å². The largest absolute Gasteiger partial charge is 0.534 e. The van der Waals surface area contributed by atoms with Crippen LogP contribution >= 0.6 is 15.6 Å². The summed E-state index contributed by atoms with van der Waals surface area (Å²) in [6.45, 7) is -1.07. The lowest BCUT2D eigenvalue weighted by atomic mass is 9.99. The van der Waals surface area contributed by atoms with E-state index in [9.17, 15) is 19.3 Å². The molecule has 6 heterocycles. The van der Waals surface area contributed by atoms with E-state index >= 15 is 0 Å². The molecule has 0 radical (unpaired) electrons. The molecule has 112 valence electrons. The highest BCUT2D eigenvalue weighted by Gasteiger charge is 3.02. The number of rotatable bonds is 1. The highest BCUT2D eigenvalue weighted by Crippen LogP contribution is 2.86. The second-order valence-electron chi connectivity index (χ2n) is 4.41. The molecule has 6 atom stereocenters. The van der Waals surface area contributed by atoms with Crippen molar-refractivity contribution in [3.8, 4) is 0 Å². The molecule has 2 N–H and O–H groups in total. The fraction of sp³-hybridized carbons (Fsp3) is 1.00. The number of hydrogen-bond donors (Lipinski definition) is 2. The van der Waals surface area contributed by atoms with E-state index in [-0.39, 0.29) is 0 Å².